The first-order valence-electron chi connectivity index (χ1n) is 6.76. The third-order valence-electron chi connectivity index (χ3n) is 4.42. The number of hydrogen-bond donors (Lipinski definition) is 1. The molecular formula is C12H21N5. The molecule has 94 valence electrons. The van der Waals surface area contributed by atoms with Gasteiger partial charge in [0.1, 0.15) is 0 Å². The van der Waals surface area contributed by atoms with Crippen LogP contribution in [0.2, 0.25) is 0 Å². The van der Waals surface area contributed by atoms with Gasteiger partial charge in [-0.25, -0.2) is 4.68 Å². The molecule has 0 radical (unpaired) electrons. The predicted molar refractivity (Wildman–Crippen MR) is 64.3 cm³/mol. The molecule has 17 heavy (non-hydrogen) atoms. The van der Waals surface area contributed by atoms with E-state index in [1.807, 2.05) is 0 Å². The van der Waals surface area contributed by atoms with Crippen LogP contribution in [0, 0.1) is 11.8 Å². The molecule has 0 saturated heterocycles. The van der Waals surface area contributed by atoms with Gasteiger partial charge in [0.25, 0.3) is 0 Å². The summed E-state index contributed by atoms with van der Waals surface area (Å²) in [6.45, 7) is 5.47. The summed E-state index contributed by atoms with van der Waals surface area (Å²) in [5, 5.41) is 15.7. The molecule has 0 aliphatic heterocycles. The summed E-state index contributed by atoms with van der Waals surface area (Å²) in [5.41, 5.74) is 0. The molecule has 1 aromatic rings. The van der Waals surface area contributed by atoms with Gasteiger partial charge in [-0.15, -0.1) is 5.10 Å². The quantitative estimate of drug-likeness (QED) is 0.860. The normalized spacial score (nSPS) is 33.2. The van der Waals surface area contributed by atoms with E-state index >= 15 is 0 Å². The molecule has 3 atom stereocenters. The second kappa shape index (κ2) is 4.37. The van der Waals surface area contributed by atoms with E-state index < -0.39 is 0 Å². The number of nitrogens with one attached hydrogen (secondary N) is 1. The fraction of sp³-hybridized carbons (Fsp3) is 0.917. The lowest BCUT2D eigenvalue weighted by Crippen LogP contribution is -2.23. The van der Waals surface area contributed by atoms with Crippen molar-refractivity contribution in [3.05, 3.63) is 5.82 Å². The van der Waals surface area contributed by atoms with Crippen molar-refractivity contribution in [3.8, 4) is 0 Å². The van der Waals surface area contributed by atoms with E-state index in [9.17, 15) is 0 Å². The maximum atomic E-state index is 4.20. The Hall–Kier alpha value is -0.970. The molecule has 0 spiro atoms. The zero-order chi connectivity index (χ0) is 11.8. The van der Waals surface area contributed by atoms with Crippen molar-refractivity contribution in [1.82, 2.24) is 25.5 Å². The highest BCUT2D eigenvalue weighted by Gasteiger charge is 2.33. The molecule has 0 amide bonds. The Morgan fingerprint density at radius 1 is 1.24 bits per heavy atom. The lowest BCUT2D eigenvalue weighted by atomic mass is 9.98. The van der Waals surface area contributed by atoms with Gasteiger partial charge in [0.05, 0.1) is 12.6 Å². The molecule has 5 nitrogen and oxygen atoms in total. The summed E-state index contributed by atoms with van der Waals surface area (Å²) in [4.78, 5) is 0. The standard InChI is InChI=1S/C12H21N5/c1-8-3-6-11(9(8)2)17-12(14-15-16-17)7-13-10-4-5-10/h8-11,13H,3-7H2,1-2H3. The van der Waals surface area contributed by atoms with Crippen molar-refractivity contribution >= 4 is 0 Å². The molecule has 2 fully saturated rings. The summed E-state index contributed by atoms with van der Waals surface area (Å²) >= 11 is 0. The van der Waals surface area contributed by atoms with Crippen molar-refractivity contribution in [2.75, 3.05) is 0 Å². The zero-order valence-corrected chi connectivity index (χ0v) is 10.6. The maximum Gasteiger partial charge on any atom is 0.165 e. The second-order valence-electron chi connectivity index (χ2n) is 5.68. The van der Waals surface area contributed by atoms with E-state index in [1.165, 1.54) is 25.7 Å². The molecule has 1 heterocycles. The predicted octanol–water partition coefficient (Wildman–Crippen LogP) is 1.53. The van der Waals surface area contributed by atoms with Crippen molar-refractivity contribution < 1.29 is 0 Å². The minimum absolute atomic E-state index is 0.496. The first-order valence-corrected chi connectivity index (χ1v) is 6.76. The molecule has 3 rings (SSSR count). The number of tetrazole rings is 1. The summed E-state index contributed by atoms with van der Waals surface area (Å²) < 4.78 is 2.06. The van der Waals surface area contributed by atoms with E-state index in [0.29, 0.717) is 18.0 Å². The third-order valence-corrected chi connectivity index (χ3v) is 4.42. The zero-order valence-electron chi connectivity index (χ0n) is 10.6. The first-order chi connectivity index (χ1) is 8.25. The van der Waals surface area contributed by atoms with Crippen molar-refractivity contribution in [2.24, 2.45) is 11.8 Å². The minimum atomic E-state index is 0.496. The Kier molecular flexibility index (Phi) is 2.86. The van der Waals surface area contributed by atoms with Gasteiger partial charge < -0.3 is 5.32 Å². The molecular weight excluding hydrogens is 214 g/mol. The average molecular weight is 235 g/mol. The van der Waals surface area contributed by atoms with Crippen LogP contribution in [-0.2, 0) is 6.54 Å². The highest BCUT2D eigenvalue weighted by molar-refractivity contribution is 4.92. The molecule has 0 aromatic carbocycles. The van der Waals surface area contributed by atoms with Crippen LogP contribution in [0.4, 0.5) is 0 Å². The minimum Gasteiger partial charge on any atom is -0.307 e. The average Bonchev–Trinajstić information content (AvgIpc) is 2.95. The van der Waals surface area contributed by atoms with Crippen LogP contribution in [-0.4, -0.2) is 26.2 Å². The first kappa shape index (κ1) is 11.1. The van der Waals surface area contributed by atoms with Crippen LogP contribution in [0.5, 0.6) is 0 Å². The van der Waals surface area contributed by atoms with Crippen LogP contribution < -0.4 is 5.32 Å². The topological polar surface area (TPSA) is 55.6 Å². The molecule has 2 saturated carbocycles. The number of nitrogens with zero attached hydrogens (tertiary/aromatic N) is 4. The summed E-state index contributed by atoms with van der Waals surface area (Å²) in [5.74, 6) is 2.47. The summed E-state index contributed by atoms with van der Waals surface area (Å²) in [7, 11) is 0. The van der Waals surface area contributed by atoms with Crippen LogP contribution in [0.3, 0.4) is 0 Å². The largest absolute Gasteiger partial charge is 0.307 e. The maximum absolute atomic E-state index is 4.20. The van der Waals surface area contributed by atoms with Gasteiger partial charge in [0.15, 0.2) is 5.82 Å². The molecule has 2 aliphatic rings. The lowest BCUT2D eigenvalue weighted by Gasteiger charge is -2.19. The van der Waals surface area contributed by atoms with Crippen LogP contribution in [0.15, 0.2) is 0 Å². The van der Waals surface area contributed by atoms with Crippen molar-refractivity contribution in [1.29, 1.82) is 0 Å². The Labute approximate surface area is 102 Å². The smallest absolute Gasteiger partial charge is 0.165 e. The molecule has 5 heteroatoms. The van der Waals surface area contributed by atoms with E-state index in [-0.39, 0.29) is 0 Å². The van der Waals surface area contributed by atoms with Gasteiger partial charge in [0, 0.05) is 6.04 Å². The second-order valence-corrected chi connectivity index (χ2v) is 5.68. The van der Waals surface area contributed by atoms with Gasteiger partial charge in [-0.3, -0.25) is 0 Å². The number of aromatic nitrogens is 4. The van der Waals surface area contributed by atoms with Gasteiger partial charge in [0.2, 0.25) is 0 Å². The third kappa shape index (κ3) is 2.20. The van der Waals surface area contributed by atoms with Crippen LogP contribution >= 0.6 is 0 Å². The molecule has 0 bridgehead atoms. The van der Waals surface area contributed by atoms with E-state index in [0.717, 1.165) is 18.3 Å². The van der Waals surface area contributed by atoms with Gasteiger partial charge in [-0.1, -0.05) is 13.8 Å². The van der Waals surface area contributed by atoms with Gasteiger partial charge in [-0.2, -0.15) is 0 Å². The SMILES string of the molecule is CC1CCC(n2nnnc2CNC2CC2)C1C. The number of hydrogen-bond acceptors (Lipinski definition) is 4. The Morgan fingerprint density at radius 3 is 2.71 bits per heavy atom. The molecule has 1 aromatic heterocycles. The van der Waals surface area contributed by atoms with Crippen molar-refractivity contribution in [3.63, 3.8) is 0 Å². The molecule has 1 N–H and O–H groups in total. The Morgan fingerprint density at radius 2 is 2.06 bits per heavy atom. The Bertz CT molecular complexity index is 384. The van der Waals surface area contributed by atoms with E-state index in [4.69, 9.17) is 0 Å². The summed E-state index contributed by atoms with van der Waals surface area (Å²) in [6.07, 6.45) is 5.11. The fourth-order valence-corrected chi connectivity index (χ4v) is 2.79. The molecule has 3 unspecified atom stereocenters. The Balaban J connectivity index is 1.71. The summed E-state index contributed by atoms with van der Waals surface area (Å²) in [6, 6.07) is 1.20. The van der Waals surface area contributed by atoms with Gasteiger partial charge >= 0.3 is 0 Å². The molecule has 2 aliphatic carbocycles. The van der Waals surface area contributed by atoms with Gasteiger partial charge in [-0.05, 0) is 47.9 Å². The fourth-order valence-electron chi connectivity index (χ4n) is 2.79. The highest BCUT2D eigenvalue weighted by atomic mass is 15.6. The van der Waals surface area contributed by atoms with E-state index in [2.05, 4.69) is 39.4 Å². The van der Waals surface area contributed by atoms with E-state index in [1.54, 1.807) is 0 Å². The highest BCUT2D eigenvalue weighted by Crippen LogP contribution is 2.39. The monoisotopic (exact) mass is 235 g/mol. The van der Waals surface area contributed by atoms with Crippen molar-refractivity contribution in [2.45, 2.75) is 58.2 Å². The van der Waals surface area contributed by atoms with Crippen LogP contribution in [0.1, 0.15) is 51.4 Å². The lowest BCUT2D eigenvalue weighted by molar-refractivity contribution is 0.316. The number of rotatable bonds is 4. The van der Waals surface area contributed by atoms with Crippen LogP contribution in [0.25, 0.3) is 0 Å².